The Labute approximate surface area is 223 Å². The van der Waals surface area contributed by atoms with Crippen molar-refractivity contribution in [3.63, 3.8) is 0 Å². The normalized spacial score (nSPS) is 14.7. The number of amides is 1. The lowest BCUT2D eigenvalue weighted by Gasteiger charge is -2.15. The van der Waals surface area contributed by atoms with E-state index >= 15 is 0 Å². The van der Waals surface area contributed by atoms with Gasteiger partial charge >= 0.3 is 5.97 Å². The minimum absolute atomic E-state index is 0.142. The van der Waals surface area contributed by atoms with Gasteiger partial charge in [-0.25, -0.2) is 0 Å². The maximum absolute atomic E-state index is 13.5. The van der Waals surface area contributed by atoms with Crippen LogP contribution in [0.25, 0.3) is 5.76 Å². The number of hydrogen-bond donors (Lipinski definition) is 3. The van der Waals surface area contributed by atoms with Crippen LogP contribution in [-0.4, -0.2) is 37.2 Å². The molecule has 0 saturated carbocycles. The van der Waals surface area contributed by atoms with Gasteiger partial charge in [0.15, 0.2) is 5.76 Å². The predicted molar refractivity (Wildman–Crippen MR) is 140 cm³/mol. The number of hydroxylamine groups is 1. The number of carboxylic acids is 1. The van der Waals surface area contributed by atoms with Gasteiger partial charge in [0.1, 0.15) is 24.1 Å². The van der Waals surface area contributed by atoms with Crippen molar-refractivity contribution in [3.8, 4) is 11.5 Å². The van der Waals surface area contributed by atoms with Gasteiger partial charge in [-0.15, -0.1) is 5.48 Å². The lowest BCUT2D eigenvalue weighted by molar-refractivity contribution is -0.136. The fraction of sp³-hybridized carbons (Fsp3) is 0.185. The monoisotopic (exact) mass is 542 g/mol. The Kier molecular flexibility index (Phi) is 8.55. The molecule has 0 spiro atoms. The molecular formula is C27H24Cl2N2O6. The van der Waals surface area contributed by atoms with Crippen LogP contribution in [0.5, 0.6) is 11.5 Å². The highest BCUT2D eigenvalue weighted by atomic mass is 35.5. The number of hydrogen-bond acceptors (Lipinski definition) is 6. The first-order valence-corrected chi connectivity index (χ1v) is 12.1. The van der Waals surface area contributed by atoms with Gasteiger partial charge < -0.3 is 24.7 Å². The third kappa shape index (κ3) is 6.35. The van der Waals surface area contributed by atoms with Crippen LogP contribution in [0.15, 0.2) is 72.3 Å². The van der Waals surface area contributed by atoms with Crippen molar-refractivity contribution in [2.45, 2.75) is 12.5 Å². The van der Waals surface area contributed by atoms with E-state index in [-0.39, 0.29) is 25.5 Å². The van der Waals surface area contributed by atoms with Gasteiger partial charge in [-0.1, -0.05) is 59.6 Å². The molecule has 1 atom stereocenters. The first kappa shape index (κ1) is 26.3. The van der Waals surface area contributed by atoms with Gasteiger partial charge in [-0.2, -0.15) is 0 Å². The summed E-state index contributed by atoms with van der Waals surface area (Å²) in [6, 6.07) is 18.4. The number of carbonyl (C=O) groups excluding carboxylic acids is 1. The zero-order valence-corrected chi connectivity index (χ0v) is 21.3. The van der Waals surface area contributed by atoms with Crippen LogP contribution in [-0.2, 0) is 20.8 Å². The minimum Gasteiger partial charge on any atom is -0.496 e. The maximum atomic E-state index is 13.5. The molecule has 192 valence electrons. The van der Waals surface area contributed by atoms with E-state index in [1.165, 1.54) is 7.11 Å². The third-order valence-electron chi connectivity index (χ3n) is 5.59. The van der Waals surface area contributed by atoms with Gasteiger partial charge in [0, 0.05) is 5.02 Å². The molecule has 8 nitrogen and oxygen atoms in total. The predicted octanol–water partition coefficient (Wildman–Crippen LogP) is 4.81. The zero-order valence-electron chi connectivity index (χ0n) is 19.8. The molecule has 4 rings (SSSR count). The molecule has 1 aliphatic heterocycles. The average Bonchev–Trinajstić information content (AvgIpc) is 3.32. The number of halogens is 2. The zero-order chi connectivity index (χ0) is 26.4. The van der Waals surface area contributed by atoms with Crippen molar-refractivity contribution in [1.29, 1.82) is 0 Å². The molecule has 10 heteroatoms. The van der Waals surface area contributed by atoms with E-state index in [1.807, 2.05) is 12.1 Å². The molecule has 0 bridgehead atoms. The number of methoxy groups -OCH3 is 1. The SMILES string of the molecule is COc1ccccc1C1=C(C(=O)NCCOc2ccc(Cl)cc2Cl)C(c2cccc(CC(=O)O)c2)NO1. The highest BCUT2D eigenvalue weighted by molar-refractivity contribution is 6.35. The van der Waals surface area contributed by atoms with E-state index in [1.54, 1.807) is 54.6 Å². The number of aliphatic carboxylic acids is 1. The summed E-state index contributed by atoms with van der Waals surface area (Å²) in [5.74, 6) is -0.0359. The largest absolute Gasteiger partial charge is 0.496 e. The molecule has 1 heterocycles. The van der Waals surface area contributed by atoms with Crippen LogP contribution < -0.4 is 20.3 Å². The molecule has 3 aromatic carbocycles. The number of carboxylic acid groups (broad SMARTS) is 1. The van der Waals surface area contributed by atoms with Crippen LogP contribution in [0.1, 0.15) is 22.7 Å². The Morgan fingerprint density at radius 1 is 1.05 bits per heavy atom. The molecule has 37 heavy (non-hydrogen) atoms. The Hall–Kier alpha value is -3.72. The van der Waals surface area contributed by atoms with Crippen molar-refractivity contribution in [2.24, 2.45) is 0 Å². The molecule has 0 saturated heterocycles. The molecule has 0 aromatic heterocycles. The Balaban J connectivity index is 1.59. The molecule has 1 unspecified atom stereocenters. The van der Waals surface area contributed by atoms with Crippen molar-refractivity contribution >= 4 is 40.8 Å². The first-order valence-electron chi connectivity index (χ1n) is 11.3. The quantitative estimate of drug-likeness (QED) is 0.315. The fourth-order valence-electron chi connectivity index (χ4n) is 3.93. The standard InChI is InChI=1S/C27H24Cl2N2O6/c1-35-21-8-3-2-7-19(21)26-24(25(31-37-26)17-6-4-5-16(13-17)14-23(32)33)27(34)30-11-12-36-22-10-9-18(28)15-20(22)29/h2-10,13,15,25,31H,11-12,14H2,1H3,(H,30,34)(H,32,33). The summed E-state index contributed by atoms with van der Waals surface area (Å²) >= 11 is 12.1. The van der Waals surface area contributed by atoms with Crippen LogP contribution in [0.3, 0.4) is 0 Å². The number of carbonyl (C=O) groups is 2. The second kappa shape index (κ2) is 12.0. The summed E-state index contributed by atoms with van der Waals surface area (Å²) in [6.45, 7) is 0.351. The number of ether oxygens (including phenoxy) is 2. The summed E-state index contributed by atoms with van der Waals surface area (Å²) < 4.78 is 11.1. The topological polar surface area (TPSA) is 106 Å². The van der Waals surface area contributed by atoms with Crippen molar-refractivity contribution in [2.75, 3.05) is 20.3 Å². The number of rotatable bonds is 10. The maximum Gasteiger partial charge on any atom is 0.307 e. The van der Waals surface area contributed by atoms with Crippen LogP contribution >= 0.6 is 23.2 Å². The fourth-order valence-corrected chi connectivity index (χ4v) is 4.40. The average molecular weight is 543 g/mol. The molecule has 0 aliphatic carbocycles. The molecule has 3 aromatic rings. The summed E-state index contributed by atoms with van der Waals surface area (Å²) in [5, 5.41) is 12.9. The van der Waals surface area contributed by atoms with Gasteiger partial charge in [-0.3, -0.25) is 9.59 Å². The van der Waals surface area contributed by atoms with E-state index in [4.69, 9.17) is 37.5 Å². The third-order valence-corrected chi connectivity index (χ3v) is 6.12. The Morgan fingerprint density at radius 3 is 2.62 bits per heavy atom. The highest BCUT2D eigenvalue weighted by Crippen LogP contribution is 2.39. The molecular weight excluding hydrogens is 519 g/mol. The van der Waals surface area contributed by atoms with E-state index in [2.05, 4.69) is 10.8 Å². The lowest BCUT2D eigenvalue weighted by atomic mass is 9.94. The van der Waals surface area contributed by atoms with Gasteiger partial charge in [0.05, 0.1) is 36.2 Å². The van der Waals surface area contributed by atoms with Crippen molar-refractivity contribution < 1.29 is 29.0 Å². The van der Waals surface area contributed by atoms with Crippen LogP contribution in [0, 0.1) is 0 Å². The second-order valence-electron chi connectivity index (χ2n) is 8.09. The highest BCUT2D eigenvalue weighted by Gasteiger charge is 2.35. The second-order valence-corrected chi connectivity index (χ2v) is 8.93. The van der Waals surface area contributed by atoms with Crippen LogP contribution in [0.4, 0.5) is 0 Å². The van der Waals surface area contributed by atoms with Gasteiger partial charge in [0.25, 0.3) is 5.91 Å². The van der Waals surface area contributed by atoms with E-state index in [9.17, 15) is 14.7 Å². The summed E-state index contributed by atoms with van der Waals surface area (Å²) in [7, 11) is 1.54. The molecule has 3 N–H and O–H groups in total. The number of nitrogens with one attached hydrogen (secondary N) is 2. The molecule has 1 amide bonds. The van der Waals surface area contributed by atoms with Crippen LogP contribution in [0.2, 0.25) is 10.0 Å². The van der Waals surface area contributed by atoms with E-state index in [0.29, 0.717) is 49.6 Å². The van der Waals surface area contributed by atoms with E-state index < -0.39 is 12.0 Å². The first-order chi connectivity index (χ1) is 17.9. The molecule has 0 radical (unpaired) electrons. The smallest absolute Gasteiger partial charge is 0.307 e. The number of para-hydroxylation sites is 1. The summed E-state index contributed by atoms with van der Waals surface area (Å²) in [6.07, 6.45) is -0.142. The lowest BCUT2D eigenvalue weighted by Crippen LogP contribution is -2.32. The number of benzene rings is 3. The summed E-state index contributed by atoms with van der Waals surface area (Å²) in [5.41, 5.74) is 5.11. The molecule has 0 fully saturated rings. The summed E-state index contributed by atoms with van der Waals surface area (Å²) in [4.78, 5) is 30.5. The van der Waals surface area contributed by atoms with Gasteiger partial charge in [-0.05, 0) is 41.5 Å². The molecule has 1 aliphatic rings. The van der Waals surface area contributed by atoms with Gasteiger partial charge in [0.2, 0.25) is 0 Å². The Bertz CT molecular complexity index is 1340. The van der Waals surface area contributed by atoms with E-state index in [0.717, 1.165) is 0 Å². The Morgan fingerprint density at radius 2 is 1.86 bits per heavy atom. The minimum atomic E-state index is -0.947. The van der Waals surface area contributed by atoms with Crippen molar-refractivity contribution in [3.05, 3.63) is 99.0 Å². The van der Waals surface area contributed by atoms with Crippen molar-refractivity contribution in [1.82, 2.24) is 10.8 Å².